The smallest absolute Gasteiger partial charge is 0.129 e. The van der Waals surface area contributed by atoms with Gasteiger partial charge >= 0.3 is 0 Å². The quantitative estimate of drug-likeness (QED) is 0.513. The molecule has 5 heteroatoms. The summed E-state index contributed by atoms with van der Waals surface area (Å²) in [4.78, 5) is 11.2. The number of nitrogens with zero attached hydrogens (tertiary/aromatic N) is 3. The molecule has 0 radical (unpaired) electrons. The lowest BCUT2D eigenvalue weighted by Gasteiger charge is -2.28. The number of piperazine rings is 1. The van der Waals surface area contributed by atoms with Crippen molar-refractivity contribution in [1.29, 1.82) is 0 Å². The van der Waals surface area contributed by atoms with Crippen LogP contribution in [0.25, 0.3) is 21.9 Å². The van der Waals surface area contributed by atoms with Crippen LogP contribution in [0, 0.1) is 0 Å². The first kappa shape index (κ1) is 19.5. The molecule has 156 valence electrons. The Kier molecular flexibility index (Phi) is 5.76. The molecule has 1 N–H and O–H groups in total. The van der Waals surface area contributed by atoms with Crippen LogP contribution in [0.3, 0.4) is 0 Å². The van der Waals surface area contributed by atoms with Gasteiger partial charge in [-0.2, -0.15) is 0 Å². The Labute approximate surface area is 182 Å². The fourth-order valence-corrected chi connectivity index (χ4v) is 4.14. The summed E-state index contributed by atoms with van der Waals surface area (Å²) in [5.41, 5.74) is 3.44. The lowest BCUT2D eigenvalue weighted by molar-refractivity contribution is 0.323. The number of fused-ring (bicyclic) bond motifs is 1. The van der Waals surface area contributed by atoms with Crippen molar-refractivity contribution in [3.63, 3.8) is 0 Å². The Balaban J connectivity index is 1.49. The van der Waals surface area contributed by atoms with Gasteiger partial charge in [0.05, 0.1) is 6.61 Å². The number of hydrogen-bond donors (Lipinski definition) is 1. The Morgan fingerprint density at radius 2 is 1.84 bits per heavy atom. The molecular weight excluding hydrogens is 384 g/mol. The lowest BCUT2D eigenvalue weighted by atomic mass is 9.97. The van der Waals surface area contributed by atoms with Crippen molar-refractivity contribution < 1.29 is 4.74 Å². The summed E-state index contributed by atoms with van der Waals surface area (Å²) in [6, 6.07) is 21.0. The normalized spacial score (nSPS) is 14.0. The zero-order chi connectivity index (χ0) is 20.9. The minimum absolute atomic E-state index is 0.604. The molecule has 4 aromatic rings. The molecule has 5 nitrogen and oxygen atoms in total. The molecule has 0 saturated carbocycles. The number of nitrogens with one attached hydrogen (secondary N) is 1. The predicted octanol–water partition coefficient (Wildman–Crippen LogP) is 4.33. The summed E-state index contributed by atoms with van der Waals surface area (Å²) in [7, 11) is 0. The lowest BCUT2D eigenvalue weighted by Crippen LogP contribution is -2.43. The minimum Gasteiger partial charge on any atom is -0.493 e. The maximum absolute atomic E-state index is 6.32. The third-order valence-corrected chi connectivity index (χ3v) is 5.74. The van der Waals surface area contributed by atoms with E-state index >= 15 is 0 Å². The van der Waals surface area contributed by atoms with Gasteiger partial charge in [0.25, 0.3) is 0 Å². The van der Waals surface area contributed by atoms with Crippen LogP contribution in [0.1, 0.15) is 5.56 Å². The van der Waals surface area contributed by atoms with Crippen LogP contribution in [0.5, 0.6) is 5.75 Å². The van der Waals surface area contributed by atoms with Crippen LogP contribution in [-0.4, -0.2) is 42.8 Å². The Morgan fingerprint density at radius 3 is 2.71 bits per heavy atom. The van der Waals surface area contributed by atoms with Gasteiger partial charge in [0.15, 0.2) is 0 Å². The standard InChI is InChI=1S/C26H26N4O/c1-2-6-23-21(5-1)7-8-24(31-17-10-20-4-3-11-28-19-20)26(23)22-9-12-29-25(18-22)30-15-13-27-14-16-30/h1-9,11-12,18-19,27H,10,13-17H2. The van der Waals surface area contributed by atoms with E-state index in [4.69, 9.17) is 4.74 Å². The molecule has 0 amide bonds. The predicted molar refractivity (Wildman–Crippen MR) is 126 cm³/mol. The average molecular weight is 411 g/mol. The molecule has 0 aliphatic carbocycles. The second kappa shape index (κ2) is 9.14. The second-order valence-electron chi connectivity index (χ2n) is 7.76. The van der Waals surface area contributed by atoms with E-state index in [0.29, 0.717) is 6.61 Å². The molecule has 1 fully saturated rings. The van der Waals surface area contributed by atoms with Crippen LogP contribution in [-0.2, 0) is 6.42 Å². The van der Waals surface area contributed by atoms with E-state index in [2.05, 4.69) is 74.8 Å². The van der Waals surface area contributed by atoms with E-state index in [0.717, 1.165) is 55.3 Å². The van der Waals surface area contributed by atoms with Crippen LogP contribution < -0.4 is 15.0 Å². The van der Waals surface area contributed by atoms with Crippen LogP contribution in [0.15, 0.2) is 79.3 Å². The van der Waals surface area contributed by atoms with Gasteiger partial charge in [-0.05, 0) is 46.2 Å². The SMILES string of the molecule is c1cncc(CCOc2ccc3ccccc3c2-c2ccnc(N3CCNCC3)c2)c1. The molecule has 0 unspecified atom stereocenters. The molecule has 5 rings (SSSR count). The first-order valence-corrected chi connectivity index (χ1v) is 10.8. The van der Waals surface area contributed by atoms with Gasteiger partial charge in [-0.1, -0.05) is 36.4 Å². The fraction of sp³-hybridized carbons (Fsp3) is 0.231. The van der Waals surface area contributed by atoms with E-state index in [-0.39, 0.29) is 0 Å². The number of hydrogen-bond acceptors (Lipinski definition) is 5. The van der Waals surface area contributed by atoms with Gasteiger partial charge in [0.1, 0.15) is 11.6 Å². The van der Waals surface area contributed by atoms with Crippen LogP contribution in [0.4, 0.5) is 5.82 Å². The highest BCUT2D eigenvalue weighted by Crippen LogP contribution is 2.38. The Hall–Kier alpha value is -3.44. The molecule has 3 heterocycles. The molecule has 0 atom stereocenters. The van der Waals surface area contributed by atoms with Crippen molar-refractivity contribution in [3.8, 4) is 16.9 Å². The van der Waals surface area contributed by atoms with Crippen molar-refractivity contribution in [2.24, 2.45) is 0 Å². The largest absolute Gasteiger partial charge is 0.493 e. The van der Waals surface area contributed by atoms with E-state index in [9.17, 15) is 0 Å². The second-order valence-corrected chi connectivity index (χ2v) is 7.76. The van der Waals surface area contributed by atoms with E-state index in [1.54, 1.807) is 6.20 Å². The zero-order valence-electron chi connectivity index (χ0n) is 17.5. The average Bonchev–Trinajstić information content (AvgIpc) is 2.85. The molecule has 1 aliphatic rings. The number of anilines is 1. The summed E-state index contributed by atoms with van der Waals surface area (Å²) >= 11 is 0. The maximum atomic E-state index is 6.32. The van der Waals surface area contributed by atoms with Crippen molar-refractivity contribution in [1.82, 2.24) is 15.3 Å². The third-order valence-electron chi connectivity index (χ3n) is 5.74. The van der Waals surface area contributed by atoms with Gasteiger partial charge in [0, 0.05) is 56.8 Å². The molecule has 1 saturated heterocycles. The van der Waals surface area contributed by atoms with Gasteiger partial charge in [-0.3, -0.25) is 4.98 Å². The highest BCUT2D eigenvalue weighted by Gasteiger charge is 2.16. The number of rotatable bonds is 6. The fourth-order valence-electron chi connectivity index (χ4n) is 4.14. The number of pyridine rings is 2. The summed E-state index contributed by atoms with van der Waals surface area (Å²) in [6.07, 6.45) is 6.43. The first-order chi connectivity index (χ1) is 15.4. The van der Waals surface area contributed by atoms with Crippen LogP contribution in [0.2, 0.25) is 0 Å². The van der Waals surface area contributed by atoms with Gasteiger partial charge in [-0.15, -0.1) is 0 Å². The van der Waals surface area contributed by atoms with Crippen molar-refractivity contribution in [3.05, 3.63) is 84.8 Å². The number of ether oxygens (including phenoxy) is 1. The minimum atomic E-state index is 0.604. The Morgan fingerprint density at radius 1 is 0.935 bits per heavy atom. The number of benzene rings is 2. The first-order valence-electron chi connectivity index (χ1n) is 10.8. The maximum Gasteiger partial charge on any atom is 0.129 e. The monoisotopic (exact) mass is 410 g/mol. The highest BCUT2D eigenvalue weighted by atomic mass is 16.5. The summed E-state index contributed by atoms with van der Waals surface area (Å²) in [6.45, 7) is 4.53. The molecular formula is C26H26N4O. The van der Waals surface area contributed by atoms with E-state index in [1.807, 2.05) is 18.5 Å². The van der Waals surface area contributed by atoms with Crippen molar-refractivity contribution in [2.75, 3.05) is 37.7 Å². The van der Waals surface area contributed by atoms with Crippen LogP contribution >= 0.6 is 0 Å². The Bertz CT molecular complexity index is 1160. The zero-order valence-corrected chi connectivity index (χ0v) is 17.5. The topological polar surface area (TPSA) is 50.3 Å². The van der Waals surface area contributed by atoms with Gasteiger partial charge in [-0.25, -0.2) is 4.98 Å². The van der Waals surface area contributed by atoms with Gasteiger partial charge < -0.3 is 15.0 Å². The molecule has 2 aromatic carbocycles. The van der Waals surface area contributed by atoms with Crippen molar-refractivity contribution >= 4 is 16.6 Å². The molecule has 1 aliphatic heterocycles. The highest BCUT2D eigenvalue weighted by molar-refractivity contribution is 6.00. The van der Waals surface area contributed by atoms with E-state index < -0.39 is 0 Å². The molecule has 2 aromatic heterocycles. The molecule has 0 spiro atoms. The summed E-state index contributed by atoms with van der Waals surface area (Å²) in [5, 5.41) is 5.81. The number of aromatic nitrogens is 2. The molecule has 0 bridgehead atoms. The molecule has 31 heavy (non-hydrogen) atoms. The van der Waals surface area contributed by atoms with E-state index in [1.165, 1.54) is 16.3 Å². The van der Waals surface area contributed by atoms with Gasteiger partial charge in [0.2, 0.25) is 0 Å². The summed E-state index contributed by atoms with van der Waals surface area (Å²) in [5.74, 6) is 1.92. The van der Waals surface area contributed by atoms with Crippen molar-refractivity contribution in [2.45, 2.75) is 6.42 Å². The third kappa shape index (κ3) is 4.37. The summed E-state index contributed by atoms with van der Waals surface area (Å²) < 4.78 is 6.32.